The van der Waals surface area contributed by atoms with Crippen LogP contribution in [0.1, 0.15) is 18.9 Å². The molecule has 1 heterocycles. The molecule has 1 fully saturated rings. The molecule has 2 unspecified atom stereocenters. The van der Waals surface area contributed by atoms with E-state index >= 15 is 0 Å². The molecule has 0 aliphatic carbocycles. The molecule has 98 valence electrons. The highest BCUT2D eigenvalue weighted by Crippen LogP contribution is 2.20. The number of benzene rings is 1. The minimum absolute atomic E-state index is 0. The summed E-state index contributed by atoms with van der Waals surface area (Å²) in [6.45, 7) is 5.55. The molecular formula is C13H22Cl2N2. The Balaban J connectivity index is 0.00000128. The summed E-state index contributed by atoms with van der Waals surface area (Å²) in [6, 6.07) is 11.0. The van der Waals surface area contributed by atoms with E-state index in [0.29, 0.717) is 12.0 Å². The van der Waals surface area contributed by atoms with Crippen molar-refractivity contribution in [3.8, 4) is 0 Å². The van der Waals surface area contributed by atoms with Gasteiger partial charge in [0, 0.05) is 19.1 Å². The molecule has 1 aromatic carbocycles. The molecule has 2 atom stereocenters. The maximum atomic E-state index is 5.93. The number of hydrogen-bond acceptors (Lipinski definition) is 2. The van der Waals surface area contributed by atoms with Crippen molar-refractivity contribution in [1.29, 1.82) is 0 Å². The number of halogens is 2. The van der Waals surface area contributed by atoms with Crippen LogP contribution < -0.4 is 5.73 Å². The van der Waals surface area contributed by atoms with Crippen molar-refractivity contribution in [2.75, 3.05) is 13.1 Å². The average molecular weight is 277 g/mol. The summed E-state index contributed by atoms with van der Waals surface area (Å²) >= 11 is 0. The number of rotatable bonds is 3. The van der Waals surface area contributed by atoms with Crippen LogP contribution in [0.25, 0.3) is 0 Å². The molecule has 1 aliphatic heterocycles. The molecule has 2 rings (SSSR count). The molecule has 1 saturated heterocycles. The normalized spacial score (nSPS) is 21.4. The van der Waals surface area contributed by atoms with E-state index in [1.807, 2.05) is 0 Å². The van der Waals surface area contributed by atoms with Crippen LogP contribution in [0, 0.1) is 5.92 Å². The van der Waals surface area contributed by atoms with Gasteiger partial charge in [0.05, 0.1) is 0 Å². The van der Waals surface area contributed by atoms with Gasteiger partial charge in [0.1, 0.15) is 0 Å². The van der Waals surface area contributed by atoms with Gasteiger partial charge in [-0.1, -0.05) is 30.3 Å². The molecule has 4 heteroatoms. The van der Waals surface area contributed by atoms with Crippen molar-refractivity contribution in [3.05, 3.63) is 35.9 Å². The minimum Gasteiger partial charge on any atom is -0.328 e. The summed E-state index contributed by atoms with van der Waals surface area (Å²) in [5, 5.41) is 0. The van der Waals surface area contributed by atoms with Crippen molar-refractivity contribution in [2.45, 2.75) is 25.9 Å². The first-order valence-corrected chi connectivity index (χ1v) is 5.77. The fraction of sp³-hybridized carbons (Fsp3) is 0.538. The Hall–Kier alpha value is -0.280. The van der Waals surface area contributed by atoms with Gasteiger partial charge in [-0.2, -0.15) is 0 Å². The smallest absolute Gasteiger partial charge is 0.0233 e. The van der Waals surface area contributed by atoms with E-state index in [0.717, 1.165) is 13.1 Å². The summed E-state index contributed by atoms with van der Waals surface area (Å²) in [5.41, 5.74) is 7.33. The second-order valence-electron chi connectivity index (χ2n) is 4.63. The quantitative estimate of drug-likeness (QED) is 0.920. The highest BCUT2D eigenvalue weighted by molar-refractivity contribution is 5.85. The third-order valence-corrected chi connectivity index (χ3v) is 3.30. The lowest BCUT2D eigenvalue weighted by Gasteiger charge is -2.17. The molecule has 0 spiro atoms. The highest BCUT2D eigenvalue weighted by Gasteiger charge is 2.24. The molecule has 2 N–H and O–H groups in total. The topological polar surface area (TPSA) is 29.3 Å². The largest absolute Gasteiger partial charge is 0.328 e. The van der Waals surface area contributed by atoms with Crippen molar-refractivity contribution < 1.29 is 0 Å². The first kappa shape index (κ1) is 16.7. The third-order valence-electron chi connectivity index (χ3n) is 3.30. The van der Waals surface area contributed by atoms with Gasteiger partial charge in [0.25, 0.3) is 0 Å². The first-order chi connectivity index (χ1) is 7.25. The van der Waals surface area contributed by atoms with Gasteiger partial charge in [-0.05, 0) is 31.4 Å². The number of nitrogens with zero attached hydrogens (tertiary/aromatic N) is 1. The van der Waals surface area contributed by atoms with Gasteiger partial charge in [-0.15, -0.1) is 24.8 Å². The maximum Gasteiger partial charge on any atom is 0.0233 e. The molecule has 1 aromatic rings. The molecule has 0 bridgehead atoms. The Morgan fingerprint density at radius 3 is 2.47 bits per heavy atom. The molecule has 0 amide bonds. The summed E-state index contributed by atoms with van der Waals surface area (Å²) < 4.78 is 0. The average Bonchev–Trinajstić information content (AvgIpc) is 2.68. The Bertz CT molecular complexity index is 304. The molecule has 17 heavy (non-hydrogen) atoms. The van der Waals surface area contributed by atoms with Gasteiger partial charge in [-0.25, -0.2) is 0 Å². The van der Waals surface area contributed by atoms with Crippen LogP contribution in [-0.2, 0) is 6.54 Å². The van der Waals surface area contributed by atoms with E-state index in [2.05, 4.69) is 42.2 Å². The summed E-state index contributed by atoms with van der Waals surface area (Å²) in [7, 11) is 0. The lowest BCUT2D eigenvalue weighted by Crippen LogP contribution is -2.29. The number of hydrogen-bond donors (Lipinski definition) is 1. The van der Waals surface area contributed by atoms with E-state index in [9.17, 15) is 0 Å². The van der Waals surface area contributed by atoms with Crippen molar-refractivity contribution in [1.82, 2.24) is 4.90 Å². The molecule has 0 radical (unpaired) electrons. The third kappa shape index (κ3) is 4.84. The van der Waals surface area contributed by atoms with Gasteiger partial charge >= 0.3 is 0 Å². The zero-order valence-corrected chi connectivity index (χ0v) is 11.8. The predicted molar refractivity (Wildman–Crippen MR) is 78.0 cm³/mol. The number of likely N-dealkylation sites (tertiary alicyclic amines) is 1. The fourth-order valence-corrected chi connectivity index (χ4v) is 2.28. The zero-order chi connectivity index (χ0) is 10.7. The van der Waals surface area contributed by atoms with Crippen molar-refractivity contribution >= 4 is 24.8 Å². The summed E-state index contributed by atoms with van der Waals surface area (Å²) in [6.07, 6.45) is 1.25. The van der Waals surface area contributed by atoms with E-state index < -0.39 is 0 Å². The lowest BCUT2D eigenvalue weighted by atomic mass is 10.0. The second kappa shape index (κ2) is 7.93. The standard InChI is InChI=1S/C13H20N2.2ClH/c1-11(14)13-7-8-15(10-13)9-12-5-3-2-4-6-12;;/h2-6,11,13H,7-10,14H2,1H3;2*1H. The van der Waals surface area contributed by atoms with E-state index in [-0.39, 0.29) is 24.8 Å². The van der Waals surface area contributed by atoms with Gasteiger partial charge < -0.3 is 5.73 Å². The maximum absolute atomic E-state index is 5.93. The van der Waals surface area contributed by atoms with Crippen LogP contribution in [0.15, 0.2) is 30.3 Å². The number of nitrogens with two attached hydrogens (primary N) is 1. The Kier molecular flexibility index (Phi) is 7.80. The van der Waals surface area contributed by atoms with Gasteiger partial charge in [0.15, 0.2) is 0 Å². The predicted octanol–water partition coefficient (Wildman–Crippen LogP) is 2.70. The molecule has 1 aliphatic rings. The molecule has 2 nitrogen and oxygen atoms in total. The summed E-state index contributed by atoms with van der Waals surface area (Å²) in [5.74, 6) is 0.689. The fourth-order valence-electron chi connectivity index (χ4n) is 2.28. The van der Waals surface area contributed by atoms with Gasteiger partial charge in [0.2, 0.25) is 0 Å². The van der Waals surface area contributed by atoms with Crippen molar-refractivity contribution in [3.63, 3.8) is 0 Å². The second-order valence-corrected chi connectivity index (χ2v) is 4.63. The van der Waals surface area contributed by atoms with E-state index in [4.69, 9.17) is 5.73 Å². The van der Waals surface area contributed by atoms with Gasteiger partial charge in [-0.3, -0.25) is 4.90 Å². The Labute approximate surface area is 116 Å². The monoisotopic (exact) mass is 276 g/mol. The molecular weight excluding hydrogens is 255 g/mol. The molecule has 0 saturated carbocycles. The Morgan fingerprint density at radius 1 is 1.29 bits per heavy atom. The van der Waals surface area contributed by atoms with E-state index in [1.165, 1.54) is 18.5 Å². The first-order valence-electron chi connectivity index (χ1n) is 5.77. The van der Waals surface area contributed by atoms with Crippen LogP contribution in [0.3, 0.4) is 0 Å². The minimum atomic E-state index is 0. The zero-order valence-electron chi connectivity index (χ0n) is 10.2. The van der Waals surface area contributed by atoms with Crippen LogP contribution in [0.2, 0.25) is 0 Å². The Morgan fingerprint density at radius 2 is 1.94 bits per heavy atom. The SMILES string of the molecule is CC(N)C1CCN(Cc2ccccc2)C1.Cl.Cl. The lowest BCUT2D eigenvalue weighted by molar-refractivity contribution is 0.308. The van der Waals surface area contributed by atoms with E-state index in [1.54, 1.807) is 0 Å². The van der Waals surface area contributed by atoms with Crippen LogP contribution in [0.5, 0.6) is 0 Å². The van der Waals surface area contributed by atoms with Crippen LogP contribution in [0.4, 0.5) is 0 Å². The van der Waals surface area contributed by atoms with Crippen LogP contribution in [-0.4, -0.2) is 24.0 Å². The summed E-state index contributed by atoms with van der Waals surface area (Å²) in [4.78, 5) is 2.50. The molecule has 0 aromatic heterocycles. The van der Waals surface area contributed by atoms with Crippen molar-refractivity contribution in [2.24, 2.45) is 11.7 Å². The van der Waals surface area contributed by atoms with Crippen LogP contribution >= 0.6 is 24.8 Å². The highest BCUT2D eigenvalue weighted by atomic mass is 35.5.